The standard InChI is InChI=1S/C27H28N2S2/c1-5-28-22-15-14-20-10-7-8-11-21(20)27(22)31-26(28)13-9-12-25-29(6-2)23-16-18(3)19(4)17-24(23)30-25/h7-17,26H,5-6H2,1-4H3/p+1/b13-9+,25-12-. The first kappa shape index (κ1) is 20.7. The molecule has 5 rings (SSSR count). The SMILES string of the molecule is CCN1/C(=C/C=C/C2Sc3c(ccc4ccccc34)[NH+]2CC)Sc2cc(C)c(C)cc21. The van der Waals surface area contributed by atoms with E-state index in [1.807, 2.05) is 23.5 Å². The zero-order valence-corrected chi connectivity index (χ0v) is 20.2. The van der Waals surface area contributed by atoms with E-state index in [2.05, 4.69) is 99.4 Å². The van der Waals surface area contributed by atoms with E-state index in [4.69, 9.17) is 0 Å². The van der Waals surface area contributed by atoms with Gasteiger partial charge in [-0.3, -0.25) is 4.90 Å². The molecule has 0 bridgehead atoms. The third kappa shape index (κ3) is 3.61. The lowest BCUT2D eigenvalue weighted by Crippen LogP contribution is -3.08. The van der Waals surface area contributed by atoms with Crippen LogP contribution in [0.3, 0.4) is 0 Å². The molecule has 0 spiro atoms. The second-order valence-corrected chi connectivity index (χ2v) is 10.4. The molecular formula is C27H29N2S2+. The van der Waals surface area contributed by atoms with Crippen molar-refractivity contribution in [3.05, 3.63) is 82.9 Å². The molecule has 4 heteroatoms. The van der Waals surface area contributed by atoms with Crippen molar-refractivity contribution < 1.29 is 4.90 Å². The summed E-state index contributed by atoms with van der Waals surface area (Å²) in [5.41, 5.74) is 5.53. The second-order valence-electron chi connectivity index (χ2n) is 8.22. The third-order valence-corrected chi connectivity index (χ3v) is 8.87. The van der Waals surface area contributed by atoms with E-state index >= 15 is 0 Å². The van der Waals surface area contributed by atoms with Gasteiger partial charge in [-0.1, -0.05) is 53.9 Å². The number of quaternary nitrogens is 1. The topological polar surface area (TPSA) is 7.68 Å². The Hall–Kier alpha value is -2.14. The number of nitrogens with zero attached hydrogens (tertiary/aromatic N) is 1. The van der Waals surface area contributed by atoms with Crippen LogP contribution in [-0.2, 0) is 0 Å². The Morgan fingerprint density at radius 2 is 1.84 bits per heavy atom. The fourth-order valence-electron chi connectivity index (χ4n) is 4.56. The van der Waals surface area contributed by atoms with Crippen molar-refractivity contribution in [3.63, 3.8) is 0 Å². The maximum Gasteiger partial charge on any atom is 0.163 e. The predicted octanol–water partition coefficient (Wildman–Crippen LogP) is 6.45. The second kappa shape index (κ2) is 8.42. The van der Waals surface area contributed by atoms with Gasteiger partial charge in [0.2, 0.25) is 0 Å². The fraction of sp³-hybridized carbons (Fsp3) is 0.259. The van der Waals surface area contributed by atoms with Gasteiger partial charge in [0.25, 0.3) is 0 Å². The molecule has 0 aliphatic carbocycles. The van der Waals surface area contributed by atoms with Gasteiger partial charge in [0.1, 0.15) is 5.69 Å². The smallest absolute Gasteiger partial charge is 0.163 e. The number of aryl methyl sites for hydroxylation is 2. The fourth-order valence-corrected chi connectivity index (χ4v) is 7.28. The highest BCUT2D eigenvalue weighted by atomic mass is 32.2. The van der Waals surface area contributed by atoms with Crippen molar-refractivity contribution in [1.29, 1.82) is 0 Å². The quantitative estimate of drug-likeness (QED) is 0.493. The van der Waals surface area contributed by atoms with E-state index in [0.29, 0.717) is 5.37 Å². The summed E-state index contributed by atoms with van der Waals surface area (Å²) in [6.45, 7) is 11.0. The first-order chi connectivity index (χ1) is 15.1. The number of fused-ring (bicyclic) bond motifs is 4. The maximum atomic E-state index is 2.44. The Kier molecular flexibility index (Phi) is 5.63. The molecule has 0 saturated carbocycles. The van der Waals surface area contributed by atoms with Crippen LogP contribution >= 0.6 is 23.5 Å². The van der Waals surface area contributed by atoms with Crippen LogP contribution in [0.4, 0.5) is 11.4 Å². The van der Waals surface area contributed by atoms with E-state index in [-0.39, 0.29) is 0 Å². The number of rotatable bonds is 4. The number of benzene rings is 3. The molecule has 2 aliphatic rings. The third-order valence-electron chi connectivity index (χ3n) is 6.38. The van der Waals surface area contributed by atoms with Gasteiger partial charge in [-0.05, 0) is 74.6 Å². The lowest BCUT2D eigenvalue weighted by molar-refractivity contribution is -0.833. The predicted molar refractivity (Wildman–Crippen MR) is 137 cm³/mol. The monoisotopic (exact) mass is 445 g/mol. The van der Waals surface area contributed by atoms with Crippen LogP contribution in [0, 0.1) is 13.8 Å². The average molecular weight is 446 g/mol. The number of anilines is 1. The molecule has 0 aromatic heterocycles. The highest BCUT2D eigenvalue weighted by Crippen LogP contribution is 2.47. The van der Waals surface area contributed by atoms with Crippen LogP contribution < -0.4 is 9.80 Å². The minimum Gasteiger partial charge on any atom is -0.335 e. The summed E-state index contributed by atoms with van der Waals surface area (Å²) in [5, 5.41) is 4.45. The van der Waals surface area contributed by atoms with Gasteiger partial charge in [-0.15, -0.1) is 0 Å². The zero-order chi connectivity index (χ0) is 21.5. The van der Waals surface area contributed by atoms with Gasteiger partial charge >= 0.3 is 0 Å². The summed E-state index contributed by atoms with van der Waals surface area (Å²) in [6.07, 6.45) is 6.96. The van der Waals surface area contributed by atoms with Gasteiger partial charge in [0, 0.05) is 22.9 Å². The van der Waals surface area contributed by atoms with Gasteiger partial charge in [-0.25, -0.2) is 0 Å². The lowest BCUT2D eigenvalue weighted by atomic mass is 10.1. The van der Waals surface area contributed by atoms with Crippen molar-refractivity contribution in [2.45, 2.75) is 42.9 Å². The number of allylic oxidation sites excluding steroid dienone is 2. The highest BCUT2D eigenvalue weighted by molar-refractivity contribution is 8.03. The summed E-state index contributed by atoms with van der Waals surface area (Å²) in [4.78, 5) is 6.80. The lowest BCUT2D eigenvalue weighted by Gasteiger charge is -2.18. The van der Waals surface area contributed by atoms with Crippen molar-refractivity contribution in [3.8, 4) is 0 Å². The minimum absolute atomic E-state index is 0.413. The van der Waals surface area contributed by atoms with E-state index in [1.165, 1.54) is 48.1 Å². The Bertz CT molecular complexity index is 1210. The maximum absolute atomic E-state index is 2.44. The number of likely N-dealkylation sites (N-methyl/N-ethyl adjacent to an activating group) is 1. The van der Waals surface area contributed by atoms with Gasteiger partial charge in [0.15, 0.2) is 5.37 Å². The van der Waals surface area contributed by atoms with Crippen LogP contribution in [-0.4, -0.2) is 18.5 Å². The summed E-state index contributed by atoms with van der Waals surface area (Å²) < 4.78 is 0. The van der Waals surface area contributed by atoms with Crippen molar-refractivity contribution in [1.82, 2.24) is 0 Å². The molecule has 3 aromatic rings. The highest BCUT2D eigenvalue weighted by Gasteiger charge is 2.34. The van der Waals surface area contributed by atoms with E-state index in [0.717, 1.165) is 13.1 Å². The molecule has 31 heavy (non-hydrogen) atoms. The van der Waals surface area contributed by atoms with E-state index in [1.54, 1.807) is 4.90 Å². The van der Waals surface area contributed by atoms with E-state index < -0.39 is 0 Å². The molecule has 2 atom stereocenters. The molecule has 0 radical (unpaired) electrons. The van der Waals surface area contributed by atoms with Crippen molar-refractivity contribution in [2.75, 3.05) is 18.0 Å². The summed E-state index contributed by atoms with van der Waals surface area (Å²) >= 11 is 3.90. The summed E-state index contributed by atoms with van der Waals surface area (Å²) in [5.74, 6) is 0. The molecular weight excluding hydrogens is 416 g/mol. The molecule has 2 unspecified atom stereocenters. The van der Waals surface area contributed by atoms with Crippen LogP contribution in [0.15, 0.2) is 81.6 Å². The molecule has 2 heterocycles. The Labute approximate surface area is 194 Å². The molecule has 0 fully saturated rings. The molecule has 1 N–H and O–H groups in total. The van der Waals surface area contributed by atoms with Crippen LogP contribution in [0.2, 0.25) is 0 Å². The zero-order valence-electron chi connectivity index (χ0n) is 18.6. The van der Waals surface area contributed by atoms with Crippen LogP contribution in [0.25, 0.3) is 10.8 Å². The van der Waals surface area contributed by atoms with Crippen LogP contribution in [0.1, 0.15) is 25.0 Å². The largest absolute Gasteiger partial charge is 0.335 e. The summed E-state index contributed by atoms with van der Waals surface area (Å²) in [6, 6.07) is 18.0. The molecule has 3 aromatic carbocycles. The number of nitrogens with one attached hydrogen (secondary N) is 1. The first-order valence-electron chi connectivity index (χ1n) is 11.1. The molecule has 0 saturated heterocycles. The molecule has 2 aliphatic heterocycles. The van der Waals surface area contributed by atoms with E-state index in [9.17, 15) is 0 Å². The molecule has 0 amide bonds. The van der Waals surface area contributed by atoms with Gasteiger partial charge in [-0.2, -0.15) is 0 Å². The molecule has 158 valence electrons. The number of hydrogen-bond acceptors (Lipinski definition) is 3. The van der Waals surface area contributed by atoms with Crippen molar-refractivity contribution in [2.24, 2.45) is 0 Å². The minimum atomic E-state index is 0.413. The Morgan fingerprint density at radius 1 is 1.03 bits per heavy atom. The summed E-state index contributed by atoms with van der Waals surface area (Å²) in [7, 11) is 0. The normalized spacial score (nSPS) is 21.4. The average Bonchev–Trinajstić information content (AvgIpc) is 3.31. The molecule has 2 nitrogen and oxygen atoms in total. The van der Waals surface area contributed by atoms with Crippen LogP contribution in [0.5, 0.6) is 0 Å². The number of thioether (sulfide) groups is 2. The first-order valence-corrected chi connectivity index (χ1v) is 12.8. The number of hydrogen-bond donors (Lipinski definition) is 1. The Morgan fingerprint density at radius 3 is 2.65 bits per heavy atom. The van der Waals surface area contributed by atoms with Gasteiger partial charge < -0.3 is 4.90 Å². The Balaban J connectivity index is 1.41. The van der Waals surface area contributed by atoms with Gasteiger partial charge in [0.05, 0.1) is 22.2 Å². The van der Waals surface area contributed by atoms with Crippen molar-refractivity contribution >= 4 is 45.7 Å².